The van der Waals surface area contributed by atoms with Crippen LogP contribution in [0.15, 0.2) is 18.7 Å². The predicted molar refractivity (Wildman–Crippen MR) is 29.4 cm³/mol. The van der Waals surface area contributed by atoms with Crippen LogP contribution in [0.25, 0.3) is 0 Å². The van der Waals surface area contributed by atoms with Crippen molar-refractivity contribution in [1.29, 1.82) is 0 Å². The molecular formula is C3H5N3S. The van der Waals surface area contributed by atoms with E-state index in [0.717, 1.165) is 12.1 Å². The van der Waals surface area contributed by atoms with Gasteiger partial charge in [-0.3, -0.25) is 9.11 Å². The highest BCUT2D eigenvalue weighted by atomic mass is 32.2. The monoisotopic (exact) mass is 115 g/mol. The minimum absolute atomic E-state index is 1.13. The SMILES string of the molecule is NSn1ccnc1. The molecule has 1 aromatic heterocycles. The molecule has 3 nitrogen and oxygen atoms in total. The highest BCUT2D eigenvalue weighted by molar-refractivity contribution is 7.95. The van der Waals surface area contributed by atoms with Crippen LogP contribution >= 0.6 is 12.1 Å². The van der Waals surface area contributed by atoms with Crippen molar-refractivity contribution in [3.63, 3.8) is 0 Å². The summed E-state index contributed by atoms with van der Waals surface area (Å²) in [6.45, 7) is 0. The van der Waals surface area contributed by atoms with Gasteiger partial charge in [0.05, 0.1) is 0 Å². The quantitative estimate of drug-likeness (QED) is 0.534. The van der Waals surface area contributed by atoms with E-state index in [9.17, 15) is 0 Å². The molecule has 0 saturated heterocycles. The first-order valence-electron chi connectivity index (χ1n) is 1.78. The zero-order valence-corrected chi connectivity index (χ0v) is 4.43. The molecule has 0 aromatic carbocycles. The second-order valence-corrected chi connectivity index (χ2v) is 1.66. The predicted octanol–water partition coefficient (Wildman–Crippen LogP) is 0.253. The second-order valence-electron chi connectivity index (χ2n) is 1.03. The molecule has 0 aliphatic rings. The topological polar surface area (TPSA) is 43.8 Å². The zero-order chi connectivity index (χ0) is 5.11. The van der Waals surface area contributed by atoms with Crippen molar-refractivity contribution in [2.45, 2.75) is 0 Å². The van der Waals surface area contributed by atoms with E-state index in [-0.39, 0.29) is 0 Å². The van der Waals surface area contributed by atoms with Crippen LogP contribution in [-0.2, 0) is 0 Å². The largest absolute Gasteiger partial charge is 0.267 e. The summed E-state index contributed by atoms with van der Waals surface area (Å²) < 4.78 is 1.71. The number of nitrogens with zero attached hydrogens (tertiary/aromatic N) is 2. The first-order chi connectivity index (χ1) is 3.43. The van der Waals surface area contributed by atoms with Crippen molar-refractivity contribution in [3.05, 3.63) is 18.7 Å². The van der Waals surface area contributed by atoms with Crippen molar-refractivity contribution in [2.24, 2.45) is 5.14 Å². The van der Waals surface area contributed by atoms with Gasteiger partial charge in [-0.25, -0.2) is 4.98 Å². The summed E-state index contributed by atoms with van der Waals surface area (Å²) in [6, 6.07) is 0. The molecule has 4 heteroatoms. The molecule has 1 rings (SSSR count). The fraction of sp³-hybridized carbons (Fsp3) is 0. The van der Waals surface area contributed by atoms with Crippen LogP contribution in [0.1, 0.15) is 0 Å². The third-order valence-electron chi connectivity index (χ3n) is 0.602. The molecule has 0 fully saturated rings. The first kappa shape index (κ1) is 4.67. The van der Waals surface area contributed by atoms with Crippen LogP contribution in [0.3, 0.4) is 0 Å². The molecule has 0 aliphatic carbocycles. The molecule has 0 radical (unpaired) electrons. The number of rotatable bonds is 1. The average molecular weight is 115 g/mol. The maximum Gasteiger partial charge on any atom is 0.106 e. The molecular weight excluding hydrogens is 110 g/mol. The van der Waals surface area contributed by atoms with Crippen LogP contribution < -0.4 is 5.14 Å². The number of hydrogen-bond donors (Lipinski definition) is 1. The third kappa shape index (κ3) is 0.942. The van der Waals surface area contributed by atoms with E-state index in [0.29, 0.717) is 0 Å². The van der Waals surface area contributed by atoms with Gasteiger partial charge in [0.15, 0.2) is 0 Å². The summed E-state index contributed by atoms with van der Waals surface area (Å²) in [5, 5.41) is 5.13. The Morgan fingerprint density at radius 2 is 2.57 bits per heavy atom. The standard InChI is InChI=1S/C3H5N3S/c4-7-6-2-1-5-3-6/h1-3H,4H2. The number of aromatic nitrogens is 2. The summed E-state index contributed by atoms with van der Waals surface area (Å²) in [7, 11) is 0. The van der Waals surface area contributed by atoms with E-state index in [2.05, 4.69) is 4.98 Å². The van der Waals surface area contributed by atoms with Gasteiger partial charge >= 0.3 is 0 Å². The van der Waals surface area contributed by atoms with Crippen molar-refractivity contribution in [3.8, 4) is 0 Å². The van der Waals surface area contributed by atoms with Crippen LogP contribution in [-0.4, -0.2) is 8.96 Å². The van der Waals surface area contributed by atoms with Crippen molar-refractivity contribution in [2.75, 3.05) is 0 Å². The molecule has 0 aliphatic heterocycles. The normalized spacial score (nSPS) is 9.29. The summed E-state index contributed by atoms with van der Waals surface area (Å²) in [6.07, 6.45) is 5.11. The minimum Gasteiger partial charge on any atom is -0.267 e. The lowest BCUT2D eigenvalue weighted by Gasteiger charge is -1.85. The Morgan fingerprint density at radius 3 is 2.86 bits per heavy atom. The molecule has 38 valence electrons. The van der Waals surface area contributed by atoms with Crippen LogP contribution in [0.5, 0.6) is 0 Å². The first-order valence-corrected chi connectivity index (χ1v) is 2.62. The lowest BCUT2D eigenvalue weighted by Crippen LogP contribution is -1.85. The van der Waals surface area contributed by atoms with Gasteiger partial charge in [-0.2, -0.15) is 0 Å². The van der Waals surface area contributed by atoms with Crippen molar-refractivity contribution in [1.82, 2.24) is 8.96 Å². The number of nitrogens with two attached hydrogens (primary N) is 1. The Hall–Kier alpha value is -0.480. The van der Waals surface area contributed by atoms with Gasteiger partial charge < -0.3 is 0 Å². The van der Waals surface area contributed by atoms with Gasteiger partial charge in [-0.05, 0) is 0 Å². The van der Waals surface area contributed by atoms with Gasteiger partial charge in [-0.15, -0.1) is 0 Å². The summed E-state index contributed by atoms with van der Waals surface area (Å²) in [5.74, 6) is 0. The molecule has 0 amide bonds. The fourth-order valence-electron chi connectivity index (χ4n) is 0.309. The molecule has 0 bridgehead atoms. The fourth-order valence-corrected chi connectivity index (χ4v) is 0.543. The smallest absolute Gasteiger partial charge is 0.106 e. The Kier molecular flexibility index (Phi) is 1.33. The molecule has 7 heavy (non-hydrogen) atoms. The molecule has 1 aromatic rings. The molecule has 0 atom stereocenters. The zero-order valence-electron chi connectivity index (χ0n) is 3.61. The van der Waals surface area contributed by atoms with E-state index in [1.54, 1.807) is 22.7 Å². The van der Waals surface area contributed by atoms with Crippen molar-refractivity contribution >= 4 is 12.1 Å². The van der Waals surface area contributed by atoms with E-state index in [4.69, 9.17) is 5.14 Å². The van der Waals surface area contributed by atoms with Gasteiger partial charge in [0.25, 0.3) is 0 Å². The maximum absolute atomic E-state index is 5.13. The Morgan fingerprint density at radius 1 is 1.71 bits per heavy atom. The maximum atomic E-state index is 5.13. The third-order valence-corrected chi connectivity index (χ3v) is 1.06. The van der Waals surface area contributed by atoms with Gasteiger partial charge in [0, 0.05) is 24.5 Å². The van der Waals surface area contributed by atoms with E-state index < -0.39 is 0 Å². The van der Waals surface area contributed by atoms with Gasteiger partial charge in [-0.1, -0.05) is 0 Å². The van der Waals surface area contributed by atoms with Gasteiger partial charge in [0.2, 0.25) is 0 Å². The summed E-state index contributed by atoms with van der Waals surface area (Å²) in [5.41, 5.74) is 0. The summed E-state index contributed by atoms with van der Waals surface area (Å²) in [4.78, 5) is 3.76. The number of imidazole rings is 1. The minimum atomic E-state index is 1.13. The molecule has 0 spiro atoms. The molecule has 0 unspecified atom stereocenters. The van der Waals surface area contributed by atoms with Crippen LogP contribution in [0.2, 0.25) is 0 Å². The van der Waals surface area contributed by atoms with E-state index in [1.807, 2.05) is 0 Å². The Bertz CT molecular complexity index is 125. The Labute approximate surface area is 45.8 Å². The molecule has 1 heterocycles. The molecule has 0 saturated carbocycles. The Balaban J connectivity index is 2.76. The van der Waals surface area contributed by atoms with Crippen LogP contribution in [0.4, 0.5) is 0 Å². The number of hydrogen-bond acceptors (Lipinski definition) is 3. The lowest BCUT2D eigenvalue weighted by atomic mass is 11.0. The highest BCUT2D eigenvalue weighted by Gasteiger charge is 1.78. The highest BCUT2D eigenvalue weighted by Crippen LogP contribution is 1.91. The lowest BCUT2D eigenvalue weighted by molar-refractivity contribution is 1.23. The summed E-state index contributed by atoms with van der Waals surface area (Å²) >= 11 is 1.13. The van der Waals surface area contributed by atoms with Crippen LogP contribution in [0, 0.1) is 0 Å². The van der Waals surface area contributed by atoms with E-state index in [1.165, 1.54) is 0 Å². The average Bonchev–Trinajstić information content (AvgIpc) is 2.14. The van der Waals surface area contributed by atoms with Crippen molar-refractivity contribution < 1.29 is 0 Å². The van der Waals surface area contributed by atoms with E-state index >= 15 is 0 Å². The molecule has 2 N–H and O–H groups in total. The van der Waals surface area contributed by atoms with Gasteiger partial charge in [0.1, 0.15) is 6.33 Å². The second kappa shape index (κ2) is 1.99.